The van der Waals surface area contributed by atoms with Gasteiger partial charge in [0.1, 0.15) is 0 Å². The molecule has 0 fully saturated rings. The molecule has 0 N–H and O–H groups in total. The number of para-hydroxylation sites is 4. The van der Waals surface area contributed by atoms with Crippen LogP contribution in [0, 0.1) is 0 Å². The van der Waals surface area contributed by atoms with E-state index >= 15 is 0 Å². The first-order valence-corrected chi connectivity index (χ1v) is 22.0. The van der Waals surface area contributed by atoms with Gasteiger partial charge in [0.15, 0.2) is 0 Å². The van der Waals surface area contributed by atoms with Crippen molar-refractivity contribution in [2.45, 2.75) is 0 Å². The summed E-state index contributed by atoms with van der Waals surface area (Å²) in [7, 11) is 0. The standard InChI is InChI=1S/C62H42N2/c1-2-17-43(18-3-1)47-23-14-24-48(41-47)44-35-38-50(39-36-44)63(60-33-12-13-34-61(60)64-58-31-10-8-27-55(58)56-28-9-11-32-59(56)64)62-42-49(53-29-15-21-45-19-4-6-25-51(45)53)37-40-57(62)54-30-16-22-46-20-5-7-26-52(46)54/h1-42H. The lowest BCUT2D eigenvalue weighted by Gasteiger charge is -2.31. The molecule has 0 aliphatic heterocycles. The molecule has 0 saturated carbocycles. The van der Waals surface area contributed by atoms with E-state index in [9.17, 15) is 0 Å². The van der Waals surface area contributed by atoms with Crippen LogP contribution in [0.5, 0.6) is 0 Å². The lowest BCUT2D eigenvalue weighted by atomic mass is 9.92. The van der Waals surface area contributed by atoms with Crippen LogP contribution in [0.15, 0.2) is 255 Å². The van der Waals surface area contributed by atoms with E-state index in [1.807, 2.05) is 0 Å². The monoisotopic (exact) mass is 814 g/mol. The van der Waals surface area contributed by atoms with E-state index in [1.165, 1.54) is 71.2 Å². The lowest BCUT2D eigenvalue weighted by molar-refractivity contribution is 1.15. The van der Waals surface area contributed by atoms with Crippen molar-refractivity contribution < 1.29 is 0 Å². The first-order chi connectivity index (χ1) is 31.8. The van der Waals surface area contributed by atoms with Gasteiger partial charge in [0.05, 0.1) is 28.1 Å². The second-order valence-electron chi connectivity index (χ2n) is 16.5. The molecule has 0 aliphatic rings. The number of fused-ring (bicyclic) bond motifs is 5. The third-order valence-corrected chi connectivity index (χ3v) is 12.8. The van der Waals surface area contributed by atoms with Crippen molar-refractivity contribution in [3.05, 3.63) is 255 Å². The average molecular weight is 815 g/mol. The zero-order valence-electron chi connectivity index (χ0n) is 35.1. The molecule has 0 atom stereocenters. The fourth-order valence-electron chi connectivity index (χ4n) is 9.79. The number of aromatic nitrogens is 1. The Morgan fingerprint density at radius 1 is 0.266 bits per heavy atom. The van der Waals surface area contributed by atoms with Crippen molar-refractivity contribution in [2.24, 2.45) is 0 Å². The number of anilines is 3. The maximum Gasteiger partial charge on any atom is 0.0702 e. The molecule has 11 aromatic carbocycles. The molecule has 0 unspecified atom stereocenters. The number of rotatable bonds is 8. The average Bonchev–Trinajstić information content (AvgIpc) is 3.71. The van der Waals surface area contributed by atoms with Gasteiger partial charge < -0.3 is 9.47 Å². The maximum absolute atomic E-state index is 2.49. The summed E-state index contributed by atoms with van der Waals surface area (Å²) in [6.45, 7) is 0. The van der Waals surface area contributed by atoms with Gasteiger partial charge in [0, 0.05) is 22.0 Å². The van der Waals surface area contributed by atoms with E-state index in [1.54, 1.807) is 0 Å². The smallest absolute Gasteiger partial charge is 0.0702 e. The first-order valence-electron chi connectivity index (χ1n) is 22.0. The summed E-state index contributed by atoms with van der Waals surface area (Å²) in [6.07, 6.45) is 0. The third kappa shape index (κ3) is 6.44. The zero-order valence-corrected chi connectivity index (χ0v) is 35.1. The predicted molar refractivity (Wildman–Crippen MR) is 272 cm³/mol. The van der Waals surface area contributed by atoms with E-state index in [0.29, 0.717) is 0 Å². The first kappa shape index (κ1) is 37.3. The highest BCUT2D eigenvalue weighted by Gasteiger charge is 2.24. The summed E-state index contributed by atoms with van der Waals surface area (Å²) >= 11 is 0. The van der Waals surface area contributed by atoms with Crippen LogP contribution in [0.4, 0.5) is 17.1 Å². The molecule has 1 aromatic heterocycles. The van der Waals surface area contributed by atoms with E-state index in [-0.39, 0.29) is 0 Å². The Morgan fingerprint density at radius 2 is 0.750 bits per heavy atom. The Labute approximate surface area is 373 Å². The molecule has 0 amide bonds. The van der Waals surface area contributed by atoms with Crippen LogP contribution in [0.3, 0.4) is 0 Å². The zero-order chi connectivity index (χ0) is 42.4. The highest BCUT2D eigenvalue weighted by atomic mass is 15.2. The van der Waals surface area contributed by atoms with E-state index in [0.717, 1.165) is 39.4 Å². The topological polar surface area (TPSA) is 8.17 Å². The van der Waals surface area contributed by atoms with Gasteiger partial charge >= 0.3 is 0 Å². The maximum atomic E-state index is 2.49. The molecule has 1 heterocycles. The Hall–Kier alpha value is -8.46. The summed E-state index contributed by atoms with van der Waals surface area (Å²) in [6, 6.07) is 92.9. The Morgan fingerprint density at radius 3 is 1.44 bits per heavy atom. The number of nitrogens with zero attached hydrogens (tertiary/aromatic N) is 2. The Balaban J connectivity index is 1.14. The minimum atomic E-state index is 1.06. The Bertz CT molecular complexity index is 3610. The Kier molecular flexibility index (Phi) is 9.20. The molecule has 12 aromatic rings. The fourth-order valence-corrected chi connectivity index (χ4v) is 9.79. The molecule has 64 heavy (non-hydrogen) atoms. The minimum Gasteiger partial charge on any atom is -0.308 e. The highest BCUT2D eigenvalue weighted by molar-refractivity contribution is 6.10. The number of hydrogen-bond acceptors (Lipinski definition) is 1. The van der Waals surface area contributed by atoms with E-state index < -0.39 is 0 Å². The van der Waals surface area contributed by atoms with E-state index in [2.05, 4.69) is 264 Å². The van der Waals surface area contributed by atoms with Crippen molar-refractivity contribution in [3.8, 4) is 50.2 Å². The molecule has 2 nitrogen and oxygen atoms in total. The van der Waals surface area contributed by atoms with Gasteiger partial charge in [-0.2, -0.15) is 0 Å². The van der Waals surface area contributed by atoms with Crippen molar-refractivity contribution in [3.63, 3.8) is 0 Å². The SMILES string of the molecule is c1ccc(-c2cccc(-c3ccc(N(c4cc(-c5cccc6ccccc56)ccc4-c4cccc5ccccc45)c4ccccc4-n4c5ccccc5c5ccccc54)cc3)c2)cc1. The molecule has 0 aliphatic carbocycles. The predicted octanol–water partition coefficient (Wildman–Crippen LogP) is 17.2. The van der Waals surface area contributed by atoms with Crippen LogP contribution in [-0.2, 0) is 0 Å². The molecular formula is C62H42N2. The van der Waals surface area contributed by atoms with Crippen molar-refractivity contribution in [1.29, 1.82) is 0 Å². The van der Waals surface area contributed by atoms with Gasteiger partial charge in [0.25, 0.3) is 0 Å². The molecule has 300 valence electrons. The molecule has 2 heteroatoms. The summed E-state index contributed by atoms with van der Waals surface area (Å²) in [5, 5.41) is 7.34. The highest BCUT2D eigenvalue weighted by Crippen LogP contribution is 2.48. The van der Waals surface area contributed by atoms with Gasteiger partial charge in [-0.15, -0.1) is 0 Å². The van der Waals surface area contributed by atoms with Crippen LogP contribution in [0.25, 0.3) is 93.5 Å². The summed E-state index contributed by atoms with van der Waals surface area (Å²) in [4.78, 5) is 2.49. The van der Waals surface area contributed by atoms with Gasteiger partial charge in [-0.1, -0.05) is 206 Å². The van der Waals surface area contributed by atoms with Gasteiger partial charge in [-0.3, -0.25) is 0 Å². The van der Waals surface area contributed by atoms with Gasteiger partial charge in [-0.25, -0.2) is 0 Å². The van der Waals surface area contributed by atoms with Gasteiger partial charge in [-0.05, 0) is 109 Å². The lowest BCUT2D eigenvalue weighted by Crippen LogP contribution is -2.14. The number of hydrogen-bond donors (Lipinski definition) is 0. The summed E-state index contributed by atoms with van der Waals surface area (Å²) < 4.78 is 2.45. The molecule has 0 radical (unpaired) electrons. The van der Waals surface area contributed by atoms with Crippen LogP contribution in [0.2, 0.25) is 0 Å². The minimum absolute atomic E-state index is 1.06. The van der Waals surface area contributed by atoms with Crippen LogP contribution < -0.4 is 4.90 Å². The van der Waals surface area contributed by atoms with E-state index in [4.69, 9.17) is 0 Å². The normalized spacial score (nSPS) is 11.4. The molecule has 0 saturated heterocycles. The van der Waals surface area contributed by atoms with Crippen LogP contribution in [-0.4, -0.2) is 4.57 Å². The van der Waals surface area contributed by atoms with Crippen molar-refractivity contribution >= 4 is 60.4 Å². The third-order valence-electron chi connectivity index (χ3n) is 12.8. The van der Waals surface area contributed by atoms with Gasteiger partial charge in [0.2, 0.25) is 0 Å². The second kappa shape index (κ2) is 15.8. The summed E-state index contributed by atoms with van der Waals surface area (Å²) in [5.41, 5.74) is 16.1. The fraction of sp³-hybridized carbons (Fsp3) is 0. The van der Waals surface area contributed by atoms with Crippen LogP contribution >= 0.6 is 0 Å². The van der Waals surface area contributed by atoms with Crippen molar-refractivity contribution in [1.82, 2.24) is 4.57 Å². The number of benzene rings is 11. The summed E-state index contributed by atoms with van der Waals surface area (Å²) in [5.74, 6) is 0. The van der Waals surface area contributed by atoms with Crippen molar-refractivity contribution in [2.75, 3.05) is 4.90 Å². The second-order valence-corrected chi connectivity index (χ2v) is 16.5. The molecule has 0 bridgehead atoms. The molecular weight excluding hydrogens is 773 g/mol. The molecule has 12 rings (SSSR count). The quantitative estimate of drug-likeness (QED) is 0.148. The van der Waals surface area contributed by atoms with Crippen LogP contribution in [0.1, 0.15) is 0 Å². The largest absolute Gasteiger partial charge is 0.308 e. The molecule has 0 spiro atoms.